The van der Waals surface area contributed by atoms with Crippen molar-refractivity contribution in [2.75, 3.05) is 55.9 Å². The van der Waals surface area contributed by atoms with Gasteiger partial charge in [-0.05, 0) is 93.8 Å². The van der Waals surface area contributed by atoms with Crippen LogP contribution in [0.2, 0.25) is 0 Å². The summed E-state index contributed by atoms with van der Waals surface area (Å²) in [5, 5.41) is 8.54. The molecule has 0 spiro atoms. The summed E-state index contributed by atoms with van der Waals surface area (Å²) in [6.07, 6.45) is 0.312. The van der Waals surface area contributed by atoms with Crippen LogP contribution in [0.5, 0.6) is 0 Å². The number of likely N-dealkylation sites (N-methyl/N-ethyl adjacent to an activating group) is 7. The fourth-order valence-electron chi connectivity index (χ4n) is 11.4. The quantitative estimate of drug-likeness (QED) is 0.249. The number of ether oxygens (including phenoxy) is 1. The molecule has 1 unspecified atom stereocenters. The van der Waals surface area contributed by atoms with Gasteiger partial charge in [0.05, 0.1) is 12.1 Å². The Morgan fingerprint density at radius 1 is 0.452 bits per heavy atom. The highest BCUT2D eigenvalue weighted by Gasteiger charge is 2.47. The molecular weight excluding hydrogens is 1080 g/mol. The first-order valence-corrected chi connectivity index (χ1v) is 30.7. The van der Waals surface area contributed by atoms with E-state index < -0.39 is 149 Å². The number of hydrogen-bond acceptors (Lipinski definition) is 12. The van der Waals surface area contributed by atoms with Gasteiger partial charge in [0.2, 0.25) is 59.1 Å². The second-order valence-electron chi connectivity index (χ2n) is 26.6. The molecule has 2 fully saturated rings. The second kappa shape index (κ2) is 32.7. The van der Waals surface area contributed by atoms with Crippen LogP contribution >= 0.6 is 0 Å². The van der Waals surface area contributed by atoms with Crippen molar-refractivity contribution in [3.05, 3.63) is 0 Å². The van der Waals surface area contributed by atoms with Crippen LogP contribution in [0.15, 0.2) is 0 Å². The Bertz CT molecular complexity index is 2310. The molecule has 2 aliphatic rings. The Hall–Kier alpha value is -5.67. The van der Waals surface area contributed by atoms with E-state index in [0.717, 1.165) is 0 Å². The number of rotatable bonds is 12. The fraction of sp³-hybridized carbons (Fsp3) is 0.823. The molecule has 10 amide bonds. The van der Waals surface area contributed by atoms with Gasteiger partial charge in [0.1, 0.15) is 54.4 Å². The molecule has 0 aromatic rings. The summed E-state index contributed by atoms with van der Waals surface area (Å²) in [5.74, 6) is -9.03. The first-order chi connectivity index (χ1) is 38.8. The molecule has 0 aromatic carbocycles. The third-order valence-electron chi connectivity index (χ3n) is 17.0. The number of ketones is 1. The number of nitrogens with zero attached hydrogens (tertiary/aromatic N) is 7. The van der Waals surface area contributed by atoms with Crippen LogP contribution in [0.25, 0.3) is 0 Å². The lowest BCUT2D eigenvalue weighted by Crippen LogP contribution is -2.63. The van der Waals surface area contributed by atoms with E-state index in [9.17, 15) is 43.2 Å². The number of carbonyl (C=O) groups is 11. The SMILES string of the molecule is CC[C@H]1NC(=O)C([C@H]2OCC[C@H]2C)N(C)C(=O)[C@@H](C(C)C)N(C)C(=O)[C@@H](CC(C)C)N(C)C(=O)[C@H](CC(C)C)N(C)C(=O)[C@H](C)CC(=O)[C@@H](C)NC(=O)[C@@H](CC(C)C)N(C)C(=O)[C@@H](C(C)C)NC(=O)[C@H](CC(C)C)N(C)C(=O)[C@@H](C)N(C)C1=O. The molecule has 0 saturated carbocycles. The minimum atomic E-state index is -1.29. The zero-order chi connectivity index (χ0) is 64.8. The third kappa shape index (κ3) is 19.2. The van der Waals surface area contributed by atoms with Crippen molar-refractivity contribution in [3.8, 4) is 0 Å². The Morgan fingerprint density at radius 2 is 0.881 bits per heavy atom. The average Bonchev–Trinajstić information content (AvgIpc) is 2.83. The maximum absolute atomic E-state index is 15.2. The molecule has 3 N–H and O–H groups in total. The largest absolute Gasteiger partial charge is 0.375 e. The standard InChI is InChI=1S/C62H110N10O12/c1-25-43-58(79)66(18)42(17)57(78)67(19)45(29-34(4)5)54(75)65-49(37(10)11)61(82)68(20)44(28-33(2)3)53(74)63-41(16)48(73)32-40(15)56(77)69(21)46(30-35(6)7)59(80)70(22)47(31-36(8)9)60(81)71(23)50(38(12)13)62(83)72(24)51(55(76)64-43)52-39(14)26-27-84-52/h33-47,49-52H,25-32H2,1-24H3,(H,63,74)(H,64,76)(H,65,75)/t39-,40-,41-,42-,43-,44-,45+,46+,47-,49-,50-,51?,52+/m1/s1. The zero-order valence-corrected chi connectivity index (χ0v) is 55.7. The lowest BCUT2D eigenvalue weighted by molar-refractivity contribution is -0.157. The van der Waals surface area contributed by atoms with Gasteiger partial charge in [-0.2, -0.15) is 0 Å². The molecule has 2 saturated heterocycles. The molecule has 0 bridgehead atoms. The predicted molar refractivity (Wildman–Crippen MR) is 323 cm³/mol. The van der Waals surface area contributed by atoms with Crippen LogP contribution < -0.4 is 16.0 Å². The van der Waals surface area contributed by atoms with Gasteiger partial charge >= 0.3 is 0 Å². The van der Waals surface area contributed by atoms with Crippen molar-refractivity contribution in [1.29, 1.82) is 0 Å². The maximum Gasteiger partial charge on any atom is 0.246 e. The van der Waals surface area contributed by atoms with Gasteiger partial charge in [0.15, 0.2) is 5.78 Å². The minimum Gasteiger partial charge on any atom is -0.375 e. The normalized spacial score (nSPS) is 29.9. The Balaban J connectivity index is 2.95. The Labute approximate surface area is 503 Å². The van der Waals surface area contributed by atoms with Gasteiger partial charge in [-0.15, -0.1) is 0 Å². The highest BCUT2D eigenvalue weighted by molar-refractivity contribution is 6.00. The molecule has 0 aliphatic carbocycles. The van der Waals surface area contributed by atoms with Gasteiger partial charge in [0, 0.05) is 68.3 Å². The fourth-order valence-corrected chi connectivity index (χ4v) is 11.4. The molecule has 2 aliphatic heterocycles. The van der Waals surface area contributed by atoms with E-state index in [-0.39, 0.29) is 68.1 Å². The molecule has 0 radical (unpaired) electrons. The summed E-state index contributed by atoms with van der Waals surface area (Å²) in [6.45, 7) is 30.7. The van der Waals surface area contributed by atoms with Crippen molar-refractivity contribution < 1.29 is 57.5 Å². The zero-order valence-electron chi connectivity index (χ0n) is 55.7. The van der Waals surface area contributed by atoms with E-state index in [1.54, 1.807) is 41.5 Å². The van der Waals surface area contributed by atoms with Crippen LogP contribution in [-0.4, -0.2) is 222 Å². The number of amides is 10. The van der Waals surface area contributed by atoms with Gasteiger partial charge in [-0.3, -0.25) is 52.7 Å². The minimum absolute atomic E-state index is 0.0851. The van der Waals surface area contributed by atoms with Crippen molar-refractivity contribution in [2.24, 2.45) is 47.3 Å². The summed E-state index contributed by atoms with van der Waals surface area (Å²) in [6, 6.07) is -11.5. The highest BCUT2D eigenvalue weighted by Crippen LogP contribution is 2.29. The van der Waals surface area contributed by atoms with Crippen molar-refractivity contribution in [3.63, 3.8) is 0 Å². The van der Waals surface area contributed by atoms with Gasteiger partial charge in [-0.1, -0.05) is 104 Å². The second-order valence-corrected chi connectivity index (χ2v) is 26.6. The maximum atomic E-state index is 15.2. The van der Waals surface area contributed by atoms with Crippen LogP contribution in [0.1, 0.15) is 163 Å². The predicted octanol–water partition coefficient (Wildman–Crippen LogP) is 4.21. The molecule has 22 heteroatoms. The van der Waals surface area contributed by atoms with Crippen LogP contribution in [-0.2, 0) is 57.5 Å². The van der Waals surface area contributed by atoms with E-state index in [0.29, 0.717) is 13.0 Å². The summed E-state index contributed by atoms with van der Waals surface area (Å²) in [5.41, 5.74) is 0. The molecular formula is C62H110N10O12. The number of nitrogens with one attached hydrogen (secondary N) is 3. The molecule has 2 rings (SSSR count). The van der Waals surface area contributed by atoms with E-state index in [1.165, 1.54) is 97.5 Å². The van der Waals surface area contributed by atoms with Crippen molar-refractivity contribution >= 4 is 64.9 Å². The van der Waals surface area contributed by atoms with Gasteiger partial charge in [0.25, 0.3) is 0 Å². The molecule has 13 atom stereocenters. The lowest BCUT2D eigenvalue weighted by Gasteiger charge is -2.41. The summed E-state index contributed by atoms with van der Waals surface area (Å²) < 4.78 is 6.18. The molecule has 22 nitrogen and oxygen atoms in total. The average molecular weight is 1190 g/mol. The van der Waals surface area contributed by atoms with E-state index >= 15 is 9.59 Å². The summed E-state index contributed by atoms with van der Waals surface area (Å²) >= 11 is 0. The Kier molecular flexibility index (Phi) is 29.0. The van der Waals surface area contributed by atoms with E-state index in [1.807, 2.05) is 62.3 Å². The topological polar surface area (TPSA) is 256 Å². The third-order valence-corrected chi connectivity index (χ3v) is 17.0. The number of carbonyl (C=O) groups excluding carboxylic acids is 11. The first-order valence-electron chi connectivity index (χ1n) is 30.7. The number of Topliss-reactive ketones (excluding diaryl/α,β-unsaturated/α-hetero) is 1. The molecule has 480 valence electrons. The smallest absolute Gasteiger partial charge is 0.246 e. The van der Waals surface area contributed by atoms with Crippen molar-refractivity contribution in [2.45, 2.75) is 229 Å². The van der Waals surface area contributed by atoms with E-state index in [2.05, 4.69) is 16.0 Å². The molecule has 0 aromatic heterocycles. The summed E-state index contributed by atoms with van der Waals surface area (Å²) in [7, 11) is 10.3. The monoisotopic (exact) mass is 1190 g/mol. The van der Waals surface area contributed by atoms with Gasteiger partial charge < -0.3 is 55.0 Å². The van der Waals surface area contributed by atoms with Crippen LogP contribution in [0.4, 0.5) is 0 Å². The summed E-state index contributed by atoms with van der Waals surface area (Å²) in [4.78, 5) is 170. The first kappa shape index (κ1) is 74.4. The molecule has 84 heavy (non-hydrogen) atoms. The van der Waals surface area contributed by atoms with Crippen LogP contribution in [0.3, 0.4) is 0 Å². The highest BCUT2D eigenvalue weighted by atomic mass is 16.5. The Morgan fingerprint density at radius 3 is 1.31 bits per heavy atom. The van der Waals surface area contributed by atoms with E-state index in [4.69, 9.17) is 4.74 Å². The van der Waals surface area contributed by atoms with Crippen molar-refractivity contribution in [1.82, 2.24) is 50.2 Å². The number of hydrogen-bond donors (Lipinski definition) is 3. The molecule has 2 heterocycles. The van der Waals surface area contributed by atoms with Gasteiger partial charge in [-0.25, -0.2) is 0 Å². The van der Waals surface area contributed by atoms with Crippen LogP contribution in [0, 0.1) is 47.3 Å². The lowest BCUT2D eigenvalue weighted by atomic mass is 9.93.